The second-order valence-electron chi connectivity index (χ2n) is 7.22. The fourth-order valence-electron chi connectivity index (χ4n) is 3.68. The monoisotopic (exact) mass is 379 g/mol. The van der Waals surface area contributed by atoms with Gasteiger partial charge in [-0.25, -0.2) is 10.4 Å². The van der Waals surface area contributed by atoms with Crippen LogP contribution in [0.3, 0.4) is 0 Å². The standard InChI is InChI=1S/C20H25N7O/c1-4-27(5-2)11-15-12(3)23-16(17(15)13-6-7-13)10-14-18(24-26-20(14)28)19-21-8-9-22-25-19/h8-10,13,23H,4-7,11H2,1-3H3,(H,26,28)/b14-10+. The van der Waals surface area contributed by atoms with Crippen molar-refractivity contribution in [3.8, 4) is 0 Å². The summed E-state index contributed by atoms with van der Waals surface area (Å²) in [7, 11) is 0. The molecule has 28 heavy (non-hydrogen) atoms. The molecule has 1 amide bonds. The number of H-pyrrole nitrogens is 1. The van der Waals surface area contributed by atoms with E-state index in [1.54, 1.807) is 6.20 Å². The fourth-order valence-corrected chi connectivity index (χ4v) is 3.68. The molecule has 3 heterocycles. The Balaban J connectivity index is 1.75. The Bertz CT molecular complexity index is 937. The van der Waals surface area contributed by atoms with Gasteiger partial charge in [-0.15, -0.1) is 5.10 Å². The maximum Gasteiger partial charge on any atom is 0.273 e. The number of nitrogens with one attached hydrogen (secondary N) is 2. The molecule has 2 N–H and O–H groups in total. The molecule has 0 radical (unpaired) electrons. The van der Waals surface area contributed by atoms with E-state index in [4.69, 9.17) is 0 Å². The fraction of sp³-hybridized carbons (Fsp3) is 0.450. The van der Waals surface area contributed by atoms with Crippen molar-refractivity contribution in [1.29, 1.82) is 0 Å². The van der Waals surface area contributed by atoms with Crippen molar-refractivity contribution in [2.75, 3.05) is 13.1 Å². The first-order chi connectivity index (χ1) is 13.6. The van der Waals surface area contributed by atoms with Crippen molar-refractivity contribution >= 4 is 17.7 Å². The summed E-state index contributed by atoms with van der Waals surface area (Å²) < 4.78 is 0. The average molecular weight is 379 g/mol. The molecule has 0 saturated heterocycles. The van der Waals surface area contributed by atoms with Crippen molar-refractivity contribution in [1.82, 2.24) is 30.5 Å². The maximum absolute atomic E-state index is 12.4. The molecule has 0 bridgehead atoms. The van der Waals surface area contributed by atoms with E-state index in [9.17, 15) is 4.79 Å². The highest BCUT2D eigenvalue weighted by Gasteiger charge is 2.33. The Morgan fingerprint density at radius 2 is 2.04 bits per heavy atom. The van der Waals surface area contributed by atoms with Crippen molar-refractivity contribution in [2.24, 2.45) is 5.10 Å². The molecule has 0 spiro atoms. The van der Waals surface area contributed by atoms with Crippen LogP contribution >= 0.6 is 0 Å². The molecule has 1 saturated carbocycles. The predicted molar refractivity (Wildman–Crippen MR) is 107 cm³/mol. The highest BCUT2D eigenvalue weighted by atomic mass is 16.2. The van der Waals surface area contributed by atoms with Crippen LogP contribution in [0.4, 0.5) is 0 Å². The van der Waals surface area contributed by atoms with Crippen molar-refractivity contribution in [2.45, 2.75) is 46.1 Å². The first-order valence-electron chi connectivity index (χ1n) is 9.80. The lowest BCUT2D eigenvalue weighted by Gasteiger charge is -2.19. The third-order valence-corrected chi connectivity index (χ3v) is 5.40. The zero-order chi connectivity index (χ0) is 19.7. The third kappa shape index (κ3) is 3.47. The summed E-state index contributed by atoms with van der Waals surface area (Å²) in [5.74, 6) is 0.648. The van der Waals surface area contributed by atoms with Gasteiger partial charge in [0.05, 0.1) is 11.8 Å². The van der Waals surface area contributed by atoms with Crippen molar-refractivity contribution < 1.29 is 4.79 Å². The minimum absolute atomic E-state index is 0.248. The lowest BCUT2D eigenvalue weighted by Crippen LogP contribution is -2.22. The summed E-state index contributed by atoms with van der Waals surface area (Å²) in [6.45, 7) is 9.43. The summed E-state index contributed by atoms with van der Waals surface area (Å²) in [6.07, 6.45) is 7.32. The SMILES string of the molecule is CCN(CC)Cc1c(C)[nH]c(/C=C2/C(=O)NN=C2c2nccnn2)c1C1CC1. The number of carbonyl (C=O) groups is 1. The van der Waals surface area contributed by atoms with Crippen LogP contribution in [0.15, 0.2) is 23.1 Å². The zero-order valence-electron chi connectivity index (χ0n) is 16.5. The highest BCUT2D eigenvalue weighted by molar-refractivity contribution is 6.32. The normalized spacial score (nSPS) is 18.1. The molecule has 2 aliphatic rings. The number of nitrogens with zero attached hydrogens (tertiary/aromatic N) is 5. The molecule has 146 valence electrons. The Morgan fingerprint density at radius 1 is 1.25 bits per heavy atom. The van der Waals surface area contributed by atoms with Gasteiger partial charge in [-0.3, -0.25) is 9.69 Å². The number of hydrogen-bond donors (Lipinski definition) is 2. The number of aryl methyl sites for hydroxylation is 1. The molecule has 0 atom stereocenters. The van der Waals surface area contributed by atoms with Crippen LogP contribution in [0, 0.1) is 6.92 Å². The van der Waals surface area contributed by atoms with E-state index in [1.807, 2.05) is 6.08 Å². The molecule has 4 rings (SSSR count). The molecule has 8 nitrogen and oxygen atoms in total. The van der Waals surface area contributed by atoms with Crippen LogP contribution in [0.25, 0.3) is 6.08 Å². The molecular weight excluding hydrogens is 354 g/mol. The summed E-state index contributed by atoms with van der Waals surface area (Å²) in [5, 5.41) is 12.0. The number of hydrogen-bond acceptors (Lipinski definition) is 6. The number of hydrazone groups is 1. The number of aromatic amines is 1. The van der Waals surface area contributed by atoms with Crippen molar-refractivity contribution in [3.63, 3.8) is 0 Å². The largest absolute Gasteiger partial charge is 0.359 e. The lowest BCUT2D eigenvalue weighted by molar-refractivity contribution is -0.116. The second-order valence-corrected chi connectivity index (χ2v) is 7.22. The van der Waals surface area contributed by atoms with Gasteiger partial charge in [0, 0.05) is 24.1 Å². The third-order valence-electron chi connectivity index (χ3n) is 5.40. The molecule has 0 aromatic carbocycles. The minimum atomic E-state index is -0.248. The van der Waals surface area contributed by atoms with E-state index < -0.39 is 0 Å². The van der Waals surface area contributed by atoms with Crippen LogP contribution < -0.4 is 5.43 Å². The van der Waals surface area contributed by atoms with Gasteiger partial charge in [0.15, 0.2) is 0 Å². The maximum atomic E-state index is 12.4. The van der Waals surface area contributed by atoms with Crippen LogP contribution in [0.5, 0.6) is 0 Å². The molecule has 1 aliphatic heterocycles. The summed E-state index contributed by atoms with van der Waals surface area (Å²) in [4.78, 5) is 22.5. The van der Waals surface area contributed by atoms with E-state index in [0.29, 0.717) is 23.0 Å². The second kappa shape index (κ2) is 7.63. The number of rotatable bonds is 7. The van der Waals surface area contributed by atoms with Crippen molar-refractivity contribution in [3.05, 3.63) is 46.3 Å². The van der Waals surface area contributed by atoms with E-state index in [2.05, 4.69) is 56.4 Å². The summed E-state index contributed by atoms with van der Waals surface area (Å²) in [6, 6.07) is 0. The summed E-state index contributed by atoms with van der Waals surface area (Å²) in [5.41, 5.74) is 8.26. The van der Waals surface area contributed by atoms with E-state index >= 15 is 0 Å². The van der Waals surface area contributed by atoms with E-state index in [0.717, 1.165) is 31.0 Å². The number of carbonyl (C=O) groups excluding carboxylic acids is 1. The number of amides is 1. The van der Waals surface area contributed by atoms with Gasteiger partial charge in [0.2, 0.25) is 5.82 Å². The van der Waals surface area contributed by atoms with E-state index in [-0.39, 0.29) is 5.91 Å². The number of aromatic nitrogens is 4. The molecule has 2 aromatic heterocycles. The van der Waals surface area contributed by atoms with Crippen LogP contribution in [0.1, 0.15) is 60.9 Å². The smallest absolute Gasteiger partial charge is 0.273 e. The van der Waals surface area contributed by atoms with Crippen LogP contribution in [0.2, 0.25) is 0 Å². The molecular formula is C20H25N7O. The average Bonchev–Trinajstić information content (AvgIpc) is 3.42. The Morgan fingerprint density at radius 3 is 2.68 bits per heavy atom. The molecule has 1 fully saturated rings. The zero-order valence-corrected chi connectivity index (χ0v) is 16.5. The van der Waals surface area contributed by atoms with Gasteiger partial charge in [0.1, 0.15) is 5.71 Å². The Kier molecular flexibility index (Phi) is 5.04. The molecule has 8 heteroatoms. The lowest BCUT2D eigenvalue weighted by atomic mass is 10.0. The van der Waals surface area contributed by atoms with E-state index in [1.165, 1.54) is 30.2 Å². The van der Waals surface area contributed by atoms with Crippen LogP contribution in [-0.2, 0) is 11.3 Å². The molecule has 0 unspecified atom stereocenters. The van der Waals surface area contributed by atoms with Gasteiger partial charge in [0.25, 0.3) is 5.91 Å². The predicted octanol–water partition coefficient (Wildman–Crippen LogP) is 2.14. The Hall–Kier alpha value is -2.87. The first kappa shape index (κ1) is 18.5. The molecule has 1 aliphatic carbocycles. The summed E-state index contributed by atoms with van der Waals surface area (Å²) >= 11 is 0. The van der Waals surface area contributed by atoms with Gasteiger partial charge in [-0.2, -0.15) is 10.2 Å². The Labute approximate surface area is 164 Å². The topological polar surface area (TPSA) is 99.2 Å². The van der Waals surface area contributed by atoms with Crippen LogP contribution in [-0.4, -0.2) is 49.8 Å². The quantitative estimate of drug-likeness (QED) is 0.718. The van der Waals surface area contributed by atoms with Gasteiger partial charge < -0.3 is 4.98 Å². The minimum Gasteiger partial charge on any atom is -0.359 e. The molecule has 2 aromatic rings. The van der Waals surface area contributed by atoms with Gasteiger partial charge >= 0.3 is 0 Å². The van der Waals surface area contributed by atoms with Gasteiger partial charge in [-0.05, 0) is 56.0 Å². The van der Waals surface area contributed by atoms with Gasteiger partial charge in [-0.1, -0.05) is 13.8 Å². The first-order valence-corrected chi connectivity index (χ1v) is 9.80. The highest BCUT2D eigenvalue weighted by Crippen LogP contribution is 2.45.